The lowest BCUT2D eigenvalue weighted by molar-refractivity contribution is 0.172. The molecule has 0 radical (unpaired) electrons. The Labute approximate surface area is 95.9 Å². The molecule has 3 N–H and O–H groups in total. The summed E-state index contributed by atoms with van der Waals surface area (Å²) in [5, 5.41) is 22.8. The van der Waals surface area contributed by atoms with Crippen LogP contribution >= 0.6 is 0 Å². The number of aliphatic hydroxyl groups excluding tert-OH is 1. The lowest BCUT2D eigenvalue weighted by Gasteiger charge is -2.18. The smallest absolute Gasteiger partial charge is 0.163 e. The number of nitrogens with one attached hydrogen (secondary N) is 1. The van der Waals surface area contributed by atoms with Gasteiger partial charge in [-0.3, -0.25) is 0 Å². The Bertz CT molecular complexity index is 352. The molecule has 0 aliphatic heterocycles. The van der Waals surface area contributed by atoms with Crippen molar-refractivity contribution < 1.29 is 14.9 Å². The molecule has 1 unspecified atom stereocenters. The topological polar surface area (TPSA) is 61.7 Å². The molecule has 16 heavy (non-hydrogen) atoms. The van der Waals surface area contributed by atoms with E-state index in [2.05, 4.69) is 5.32 Å². The van der Waals surface area contributed by atoms with Gasteiger partial charge < -0.3 is 20.3 Å². The highest BCUT2D eigenvalue weighted by atomic mass is 16.5. The SMILES string of the molecule is CCc1ccc(OC)c(O)c1C(O)CNC. The zero-order valence-corrected chi connectivity index (χ0v) is 9.95. The molecule has 1 atom stereocenters. The summed E-state index contributed by atoms with van der Waals surface area (Å²) in [6.45, 7) is 2.38. The van der Waals surface area contributed by atoms with E-state index in [-0.39, 0.29) is 5.75 Å². The van der Waals surface area contributed by atoms with Crippen LogP contribution in [0.2, 0.25) is 0 Å². The molecule has 0 saturated carbocycles. The molecule has 1 rings (SSSR count). The number of methoxy groups -OCH3 is 1. The van der Waals surface area contributed by atoms with Crippen LogP contribution in [0.25, 0.3) is 0 Å². The van der Waals surface area contributed by atoms with Gasteiger partial charge in [0, 0.05) is 12.1 Å². The third-order valence-corrected chi connectivity index (χ3v) is 2.60. The van der Waals surface area contributed by atoms with Gasteiger partial charge in [-0.1, -0.05) is 13.0 Å². The first kappa shape index (κ1) is 12.8. The highest BCUT2D eigenvalue weighted by molar-refractivity contribution is 5.51. The first-order valence-corrected chi connectivity index (χ1v) is 5.37. The summed E-state index contributed by atoms with van der Waals surface area (Å²) in [6.07, 6.45) is 0.0308. The van der Waals surface area contributed by atoms with Crippen molar-refractivity contribution in [2.24, 2.45) is 0 Å². The summed E-state index contributed by atoms with van der Waals surface area (Å²) < 4.78 is 5.03. The van der Waals surface area contributed by atoms with Gasteiger partial charge in [0.15, 0.2) is 11.5 Å². The molecule has 1 aromatic carbocycles. The van der Waals surface area contributed by atoms with E-state index < -0.39 is 6.10 Å². The Morgan fingerprint density at radius 1 is 1.44 bits per heavy atom. The molecule has 0 aromatic heterocycles. The number of aryl methyl sites for hydroxylation is 1. The number of rotatable bonds is 5. The van der Waals surface area contributed by atoms with Crippen molar-refractivity contribution in [2.45, 2.75) is 19.4 Å². The molecule has 90 valence electrons. The minimum absolute atomic E-state index is 0.0320. The van der Waals surface area contributed by atoms with Gasteiger partial charge in [-0.15, -0.1) is 0 Å². The van der Waals surface area contributed by atoms with Gasteiger partial charge in [-0.25, -0.2) is 0 Å². The fraction of sp³-hybridized carbons (Fsp3) is 0.500. The Balaban J connectivity index is 3.20. The van der Waals surface area contributed by atoms with Gasteiger partial charge in [0.05, 0.1) is 13.2 Å². The largest absolute Gasteiger partial charge is 0.504 e. The van der Waals surface area contributed by atoms with Crippen LogP contribution in [0.15, 0.2) is 12.1 Å². The maximum absolute atomic E-state index is 9.99. The second kappa shape index (κ2) is 5.72. The predicted molar refractivity (Wildman–Crippen MR) is 62.9 cm³/mol. The second-order valence-corrected chi connectivity index (χ2v) is 3.62. The van der Waals surface area contributed by atoms with Crippen LogP contribution in [0.3, 0.4) is 0 Å². The van der Waals surface area contributed by atoms with E-state index in [1.54, 1.807) is 13.1 Å². The van der Waals surface area contributed by atoms with E-state index in [0.717, 1.165) is 12.0 Å². The summed E-state index contributed by atoms with van der Waals surface area (Å²) in [5.74, 6) is 0.423. The zero-order chi connectivity index (χ0) is 12.1. The Hall–Kier alpha value is -1.26. The summed E-state index contributed by atoms with van der Waals surface area (Å²) in [6, 6.07) is 3.58. The molecule has 4 heteroatoms. The van der Waals surface area contributed by atoms with Gasteiger partial charge in [0.25, 0.3) is 0 Å². The molecule has 4 nitrogen and oxygen atoms in total. The lowest BCUT2D eigenvalue weighted by atomic mass is 9.98. The van der Waals surface area contributed by atoms with E-state index in [1.807, 2.05) is 13.0 Å². The van der Waals surface area contributed by atoms with E-state index in [4.69, 9.17) is 4.74 Å². The van der Waals surface area contributed by atoms with Crippen molar-refractivity contribution in [3.63, 3.8) is 0 Å². The molecule has 0 aliphatic carbocycles. The number of benzene rings is 1. The van der Waals surface area contributed by atoms with E-state index in [0.29, 0.717) is 17.9 Å². The molecule has 0 heterocycles. The molecule has 0 spiro atoms. The number of phenolic OH excluding ortho intramolecular Hbond substituents is 1. The third-order valence-electron chi connectivity index (χ3n) is 2.60. The van der Waals surface area contributed by atoms with Crippen molar-refractivity contribution in [2.75, 3.05) is 20.7 Å². The Kier molecular flexibility index (Phi) is 4.58. The predicted octanol–water partition coefficient (Wildman–Crippen LogP) is 1.22. The average Bonchev–Trinajstić information content (AvgIpc) is 2.28. The van der Waals surface area contributed by atoms with Crippen LogP contribution in [0.5, 0.6) is 11.5 Å². The zero-order valence-electron chi connectivity index (χ0n) is 9.95. The number of aliphatic hydroxyl groups is 1. The van der Waals surface area contributed by atoms with E-state index in [9.17, 15) is 10.2 Å². The normalized spacial score (nSPS) is 12.5. The quantitative estimate of drug-likeness (QED) is 0.705. The number of phenols is 1. The highest BCUT2D eigenvalue weighted by Gasteiger charge is 2.18. The Morgan fingerprint density at radius 3 is 2.62 bits per heavy atom. The number of ether oxygens (including phenoxy) is 1. The lowest BCUT2D eigenvalue weighted by Crippen LogP contribution is -2.18. The average molecular weight is 225 g/mol. The van der Waals surface area contributed by atoms with Crippen LogP contribution in [0, 0.1) is 0 Å². The number of likely N-dealkylation sites (N-methyl/N-ethyl adjacent to an activating group) is 1. The number of aromatic hydroxyl groups is 1. The van der Waals surface area contributed by atoms with Crippen LogP contribution < -0.4 is 10.1 Å². The van der Waals surface area contributed by atoms with Crippen LogP contribution in [-0.4, -0.2) is 30.9 Å². The molecule has 0 amide bonds. The van der Waals surface area contributed by atoms with Crippen LogP contribution in [0.1, 0.15) is 24.2 Å². The maximum atomic E-state index is 9.99. The monoisotopic (exact) mass is 225 g/mol. The molecular formula is C12H19NO3. The molecule has 0 aliphatic rings. The standard InChI is InChI=1S/C12H19NO3/c1-4-8-5-6-10(16-3)12(15)11(8)9(14)7-13-2/h5-6,9,13-15H,4,7H2,1-3H3. The van der Waals surface area contributed by atoms with Crippen molar-refractivity contribution in [1.82, 2.24) is 5.32 Å². The third kappa shape index (κ3) is 2.46. The molecule has 0 saturated heterocycles. The fourth-order valence-electron chi connectivity index (χ4n) is 1.77. The first-order valence-electron chi connectivity index (χ1n) is 5.37. The summed E-state index contributed by atoms with van der Waals surface area (Å²) in [4.78, 5) is 0. The molecular weight excluding hydrogens is 206 g/mol. The van der Waals surface area contributed by atoms with Crippen LogP contribution in [0.4, 0.5) is 0 Å². The summed E-state index contributed by atoms with van der Waals surface area (Å²) >= 11 is 0. The number of hydrogen-bond acceptors (Lipinski definition) is 4. The van der Waals surface area contributed by atoms with Gasteiger partial charge in [0.2, 0.25) is 0 Å². The van der Waals surface area contributed by atoms with E-state index in [1.165, 1.54) is 7.11 Å². The minimum Gasteiger partial charge on any atom is -0.504 e. The van der Waals surface area contributed by atoms with E-state index >= 15 is 0 Å². The number of hydrogen-bond donors (Lipinski definition) is 3. The molecule has 0 bridgehead atoms. The molecule has 0 fully saturated rings. The second-order valence-electron chi connectivity index (χ2n) is 3.62. The minimum atomic E-state index is -0.727. The maximum Gasteiger partial charge on any atom is 0.163 e. The van der Waals surface area contributed by atoms with Gasteiger partial charge in [-0.2, -0.15) is 0 Å². The Morgan fingerprint density at radius 2 is 2.12 bits per heavy atom. The van der Waals surface area contributed by atoms with Gasteiger partial charge in [-0.05, 0) is 25.1 Å². The van der Waals surface area contributed by atoms with Gasteiger partial charge >= 0.3 is 0 Å². The van der Waals surface area contributed by atoms with Crippen molar-refractivity contribution in [3.8, 4) is 11.5 Å². The molecule has 1 aromatic rings. The summed E-state index contributed by atoms with van der Waals surface area (Å²) in [7, 11) is 3.25. The van der Waals surface area contributed by atoms with Crippen molar-refractivity contribution >= 4 is 0 Å². The van der Waals surface area contributed by atoms with Crippen molar-refractivity contribution in [3.05, 3.63) is 23.3 Å². The summed E-state index contributed by atoms with van der Waals surface area (Å²) in [5.41, 5.74) is 1.48. The fourth-order valence-corrected chi connectivity index (χ4v) is 1.77. The first-order chi connectivity index (χ1) is 7.65. The van der Waals surface area contributed by atoms with Gasteiger partial charge in [0.1, 0.15) is 0 Å². The van der Waals surface area contributed by atoms with Crippen molar-refractivity contribution in [1.29, 1.82) is 0 Å². The van der Waals surface area contributed by atoms with Crippen LogP contribution in [-0.2, 0) is 6.42 Å². The highest BCUT2D eigenvalue weighted by Crippen LogP contribution is 2.36.